The average Bonchev–Trinajstić information content (AvgIpc) is 2.61. The van der Waals surface area contributed by atoms with Crippen LogP contribution in [-0.2, 0) is 0 Å². The number of urea groups is 1. The zero-order valence-electron chi connectivity index (χ0n) is 15.2. The number of amides is 3. The quantitative estimate of drug-likeness (QED) is 0.767. The van der Waals surface area contributed by atoms with Crippen LogP contribution in [0.3, 0.4) is 0 Å². The summed E-state index contributed by atoms with van der Waals surface area (Å²) in [5.74, 6) is 0.321. The van der Waals surface area contributed by atoms with Crippen molar-refractivity contribution in [3.8, 4) is 5.75 Å². The van der Waals surface area contributed by atoms with Crippen LogP contribution >= 0.6 is 15.9 Å². The molecule has 0 aromatic heterocycles. The molecule has 0 saturated carbocycles. The van der Waals surface area contributed by atoms with E-state index in [1.54, 1.807) is 32.3 Å². The molecule has 0 heterocycles. The van der Waals surface area contributed by atoms with E-state index in [4.69, 9.17) is 4.74 Å². The van der Waals surface area contributed by atoms with Gasteiger partial charge in [0.2, 0.25) is 0 Å². The number of carbonyl (C=O) groups excluding carboxylic acids is 2. The fourth-order valence-corrected chi connectivity index (χ4v) is 3.08. The van der Waals surface area contributed by atoms with Crippen molar-refractivity contribution in [2.75, 3.05) is 26.5 Å². The number of nitrogens with zero attached hydrogens (tertiary/aromatic N) is 1. The second-order valence-electron chi connectivity index (χ2n) is 5.96. The molecule has 0 bridgehead atoms. The maximum absolute atomic E-state index is 12.4. The number of nitrogens with one attached hydrogen (secondary N) is 2. The molecule has 2 aromatic rings. The number of carbonyl (C=O) groups is 2. The molecule has 26 heavy (non-hydrogen) atoms. The molecular formula is C19H22BrN3O3. The lowest BCUT2D eigenvalue weighted by Crippen LogP contribution is -2.31. The summed E-state index contributed by atoms with van der Waals surface area (Å²) < 4.78 is 6.20. The average molecular weight is 420 g/mol. The number of ether oxygens (including phenoxy) is 1. The Hall–Kier alpha value is -2.54. The molecule has 0 aliphatic heterocycles. The van der Waals surface area contributed by atoms with Crippen LogP contribution < -0.4 is 15.4 Å². The third-order valence-corrected chi connectivity index (χ3v) is 4.54. The normalized spacial score (nSPS) is 11.4. The first-order valence-electron chi connectivity index (χ1n) is 8.05. The molecule has 138 valence electrons. The van der Waals surface area contributed by atoms with Crippen LogP contribution in [0.2, 0.25) is 0 Å². The van der Waals surface area contributed by atoms with E-state index in [0.29, 0.717) is 17.0 Å². The second-order valence-corrected chi connectivity index (χ2v) is 6.81. The maximum atomic E-state index is 12.4. The number of anilines is 1. The van der Waals surface area contributed by atoms with Gasteiger partial charge in [0.15, 0.2) is 0 Å². The monoisotopic (exact) mass is 419 g/mol. The highest BCUT2D eigenvalue weighted by Crippen LogP contribution is 2.27. The van der Waals surface area contributed by atoms with E-state index >= 15 is 0 Å². The molecule has 0 spiro atoms. The van der Waals surface area contributed by atoms with Gasteiger partial charge in [-0.2, -0.15) is 0 Å². The topological polar surface area (TPSA) is 70.7 Å². The summed E-state index contributed by atoms with van der Waals surface area (Å²) in [5, 5.41) is 5.63. The lowest BCUT2D eigenvalue weighted by atomic mass is 10.1. The minimum Gasteiger partial charge on any atom is -0.495 e. The van der Waals surface area contributed by atoms with Gasteiger partial charge in [-0.25, -0.2) is 4.79 Å². The number of halogens is 1. The molecule has 0 saturated heterocycles. The van der Waals surface area contributed by atoms with E-state index in [1.165, 1.54) is 12.0 Å². The van der Waals surface area contributed by atoms with Crippen LogP contribution in [0.4, 0.5) is 10.5 Å². The van der Waals surface area contributed by atoms with Crippen LogP contribution in [0.1, 0.15) is 28.9 Å². The molecule has 7 heteroatoms. The van der Waals surface area contributed by atoms with E-state index < -0.39 is 0 Å². The fourth-order valence-electron chi connectivity index (χ4n) is 2.46. The minimum absolute atomic E-state index is 0.155. The summed E-state index contributed by atoms with van der Waals surface area (Å²) in [7, 11) is 4.85. The second kappa shape index (κ2) is 8.71. The molecule has 2 rings (SSSR count). The van der Waals surface area contributed by atoms with Gasteiger partial charge >= 0.3 is 6.03 Å². The van der Waals surface area contributed by atoms with Gasteiger partial charge in [0.05, 0.1) is 18.8 Å². The highest BCUT2D eigenvalue weighted by molar-refractivity contribution is 9.10. The number of hydrogen-bond donors (Lipinski definition) is 2. The summed E-state index contributed by atoms with van der Waals surface area (Å²) in [6.07, 6.45) is 0. The van der Waals surface area contributed by atoms with Gasteiger partial charge in [-0.05, 0) is 36.8 Å². The van der Waals surface area contributed by atoms with Crippen molar-refractivity contribution in [3.05, 3.63) is 58.1 Å². The fraction of sp³-hybridized carbons (Fsp3) is 0.263. The lowest BCUT2D eigenvalue weighted by Gasteiger charge is -2.18. The van der Waals surface area contributed by atoms with Crippen LogP contribution in [0.25, 0.3) is 0 Å². The third kappa shape index (κ3) is 4.76. The first-order chi connectivity index (χ1) is 12.3. The van der Waals surface area contributed by atoms with Gasteiger partial charge in [0, 0.05) is 24.1 Å². The summed E-state index contributed by atoms with van der Waals surface area (Å²) in [6.45, 7) is 1.89. The van der Waals surface area contributed by atoms with Gasteiger partial charge in [-0.3, -0.25) is 4.79 Å². The van der Waals surface area contributed by atoms with Crippen molar-refractivity contribution in [2.45, 2.75) is 13.0 Å². The third-order valence-electron chi connectivity index (χ3n) is 3.82. The molecular weight excluding hydrogens is 398 g/mol. The Kier molecular flexibility index (Phi) is 6.63. The minimum atomic E-state index is -0.388. The Morgan fingerprint density at radius 1 is 1.15 bits per heavy atom. The first kappa shape index (κ1) is 19.8. The Morgan fingerprint density at radius 2 is 1.85 bits per heavy atom. The largest absolute Gasteiger partial charge is 0.495 e. The van der Waals surface area contributed by atoms with Crippen molar-refractivity contribution in [1.29, 1.82) is 0 Å². The molecule has 3 amide bonds. The maximum Gasteiger partial charge on any atom is 0.319 e. The number of hydrogen-bond acceptors (Lipinski definition) is 3. The van der Waals surface area contributed by atoms with E-state index in [1.807, 2.05) is 31.2 Å². The van der Waals surface area contributed by atoms with E-state index in [9.17, 15) is 9.59 Å². The highest BCUT2D eigenvalue weighted by atomic mass is 79.9. The van der Waals surface area contributed by atoms with E-state index in [0.717, 1.165) is 10.0 Å². The standard InChI is InChI=1S/C19H22BrN3O3/c1-12(14-7-5-6-8-15(14)20)21-19(25)22-16-11-13(18(24)23(2)3)9-10-17(16)26-4/h5-12H,1-4H3,(H2,21,22,25). The van der Waals surface area contributed by atoms with E-state index in [-0.39, 0.29) is 18.0 Å². The molecule has 0 aliphatic rings. The summed E-state index contributed by atoms with van der Waals surface area (Å²) in [6, 6.07) is 12.0. The Bertz CT molecular complexity index is 808. The van der Waals surface area contributed by atoms with Crippen molar-refractivity contribution in [2.24, 2.45) is 0 Å². The van der Waals surface area contributed by atoms with Gasteiger partial charge < -0.3 is 20.3 Å². The van der Waals surface area contributed by atoms with Crippen LogP contribution in [-0.4, -0.2) is 38.0 Å². The lowest BCUT2D eigenvalue weighted by molar-refractivity contribution is 0.0827. The van der Waals surface area contributed by atoms with Crippen molar-refractivity contribution < 1.29 is 14.3 Å². The van der Waals surface area contributed by atoms with E-state index in [2.05, 4.69) is 26.6 Å². The molecule has 0 aliphatic carbocycles. The van der Waals surface area contributed by atoms with Crippen LogP contribution in [0.15, 0.2) is 46.9 Å². The van der Waals surface area contributed by atoms with Gasteiger partial charge in [-0.15, -0.1) is 0 Å². The zero-order valence-corrected chi connectivity index (χ0v) is 16.8. The molecule has 2 N–H and O–H groups in total. The summed E-state index contributed by atoms with van der Waals surface area (Å²) in [4.78, 5) is 26.0. The summed E-state index contributed by atoms with van der Waals surface area (Å²) in [5.41, 5.74) is 1.85. The van der Waals surface area contributed by atoms with Gasteiger partial charge in [0.1, 0.15) is 5.75 Å². The molecule has 6 nitrogen and oxygen atoms in total. The van der Waals surface area contributed by atoms with Crippen molar-refractivity contribution in [3.63, 3.8) is 0 Å². The van der Waals surface area contributed by atoms with Crippen molar-refractivity contribution in [1.82, 2.24) is 10.2 Å². The molecule has 0 fully saturated rings. The predicted octanol–water partition coefficient (Wildman–Crippen LogP) is 4.04. The molecule has 2 aromatic carbocycles. The number of rotatable bonds is 5. The smallest absolute Gasteiger partial charge is 0.319 e. The highest BCUT2D eigenvalue weighted by Gasteiger charge is 2.16. The van der Waals surface area contributed by atoms with Crippen LogP contribution in [0.5, 0.6) is 5.75 Å². The first-order valence-corrected chi connectivity index (χ1v) is 8.84. The molecule has 1 atom stereocenters. The summed E-state index contributed by atoms with van der Waals surface area (Å²) >= 11 is 3.48. The Balaban J connectivity index is 2.16. The Morgan fingerprint density at radius 3 is 2.46 bits per heavy atom. The Labute approximate surface area is 161 Å². The van der Waals surface area contributed by atoms with Crippen LogP contribution in [0, 0.1) is 0 Å². The SMILES string of the molecule is COc1ccc(C(=O)N(C)C)cc1NC(=O)NC(C)c1ccccc1Br. The predicted molar refractivity (Wildman–Crippen MR) is 106 cm³/mol. The van der Waals surface area contributed by atoms with Crippen molar-refractivity contribution >= 4 is 33.6 Å². The number of benzene rings is 2. The number of methoxy groups -OCH3 is 1. The van der Waals surface area contributed by atoms with Gasteiger partial charge in [-0.1, -0.05) is 34.1 Å². The molecule has 0 radical (unpaired) electrons. The van der Waals surface area contributed by atoms with Gasteiger partial charge in [0.25, 0.3) is 5.91 Å². The molecule has 1 unspecified atom stereocenters. The zero-order chi connectivity index (χ0) is 19.3.